The minimum Gasteiger partial charge on any atom is -0.481 e. The van der Waals surface area contributed by atoms with Crippen molar-refractivity contribution < 1.29 is 39.2 Å². The number of aromatic carboxylic acids is 1. The van der Waals surface area contributed by atoms with E-state index in [1.165, 1.54) is 0 Å². The summed E-state index contributed by atoms with van der Waals surface area (Å²) in [7, 11) is 0. The van der Waals surface area contributed by atoms with E-state index in [1.807, 2.05) is 84.9 Å². The van der Waals surface area contributed by atoms with Gasteiger partial charge in [-0.1, -0.05) is 79.2 Å². The van der Waals surface area contributed by atoms with Crippen LogP contribution in [0.3, 0.4) is 0 Å². The van der Waals surface area contributed by atoms with Crippen molar-refractivity contribution >= 4 is 29.6 Å². The van der Waals surface area contributed by atoms with Gasteiger partial charge in [-0.2, -0.15) is 0 Å². The van der Waals surface area contributed by atoms with Crippen LogP contribution >= 0.6 is 11.8 Å². The van der Waals surface area contributed by atoms with Crippen molar-refractivity contribution in [2.75, 3.05) is 5.75 Å². The number of hydrogen-bond acceptors (Lipinski definition) is 7. The number of carboxylic acid groups (broad SMARTS) is 2. The van der Waals surface area contributed by atoms with Gasteiger partial charge in [0.2, 0.25) is 5.91 Å². The second-order valence-corrected chi connectivity index (χ2v) is 13.1. The van der Waals surface area contributed by atoms with Crippen LogP contribution in [0.1, 0.15) is 83.5 Å². The Morgan fingerprint density at radius 3 is 2.16 bits per heavy atom. The Morgan fingerprint density at radius 1 is 0.776 bits per heavy atom. The number of unbranched alkanes of at least 4 members (excludes halogenated alkanes) is 2. The fourth-order valence-corrected chi connectivity index (χ4v) is 6.62. The predicted molar refractivity (Wildman–Crippen MR) is 187 cm³/mol. The minimum absolute atomic E-state index is 0.0322. The van der Waals surface area contributed by atoms with Crippen LogP contribution < -0.4 is 5.32 Å². The summed E-state index contributed by atoms with van der Waals surface area (Å²) in [6, 6.07) is 30.6. The summed E-state index contributed by atoms with van der Waals surface area (Å²) >= 11 is 1.61. The highest BCUT2D eigenvalue weighted by molar-refractivity contribution is 7.99. The maximum absolute atomic E-state index is 12.4. The third-order valence-electron chi connectivity index (χ3n) is 8.43. The monoisotopic (exact) mass is 683 g/mol. The van der Waals surface area contributed by atoms with Crippen molar-refractivity contribution in [3.8, 4) is 11.1 Å². The van der Waals surface area contributed by atoms with Gasteiger partial charge < -0.3 is 30.1 Å². The van der Waals surface area contributed by atoms with Gasteiger partial charge in [0.05, 0.1) is 24.4 Å². The fourth-order valence-electron chi connectivity index (χ4n) is 5.70. The standard InChI is InChI=1S/C39H41NO8S/c41-24-26-10-12-28(13-11-26)35-22-32(25-49-33-20-18-29(19-21-33)38(45)46)47-39(48-35)30-16-14-27(15-17-30)34-7-5-4-6-31(34)23-40-36(42)8-2-1-3-9-37(43)44/h4-7,10-21,32,35,39,41H,1-3,8-9,22-25H2,(H,40,42)(H,43,44)(H,45,46). The number of rotatable bonds is 16. The summed E-state index contributed by atoms with van der Waals surface area (Å²) in [6.07, 6.45) is 2.06. The average Bonchev–Trinajstić information content (AvgIpc) is 3.13. The van der Waals surface area contributed by atoms with Crippen LogP contribution in [0.25, 0.3) is 11.1 Å². The molecule has 4 aromatic rings. The summed E-state index contributed by atoms with van der Waals surface area (Å²) in [5.74, 6) is -1.18. The number of carboxylic acids is 2. The highest BCUT2D eigenvalue weighted by Crippen LogP contribution is 2.40. The molecular formula is C39H41NO8S. The summed E-state index contributed by atoms with van der Waals surface area (Å²) < 4.78 is 13.0. The molecule has 0 spiro atoms. The molecule has 0 radical (unpaired) electrons. The van der Waals surface area contributed by atoms with Gasteiger partial charge in [-0.3, -0.25) is 9.59 Å². The molecule has 1 amide bonds. The number of aliphatic hydroxyl groups is 1. The van der Waals surface area contributed by atoms with E-state index < -0.39 is 18.2 Å². The van der Waals surface area contributed by atoms with Gasteiger partial charge in [-0.25, -0.2) is 4.79 Å². The Balaban J connectivity index is 1.25. The topological polar surface area (TPSA) is 142 Å². The number of nitrogens with one attached hydrogen (secondary N) is 1. The second-order valence-electron chi connectivity index (χ2n) is 12.0. The summed E-state index contributed by atoms with van der Waals surface area (Å²) in [4.78, 5) is 35.3. The van der Waals surface area contributed by atoms with Gasteiger partial charge in [0.15, 0.2) is 6.29 Å². The molecule has 0 aliphatic carbocycles. The first-order valence-electron chi connectivity index (χ1n) is 16.4. The van der Waals surface area contributed by atoms with E-state index in [2.05, 4.69) is 5.32 Å². The Hall–Kier alpha value is -4.48. The lowest BCUT2D eigenvalue weighted by Crippen LogP contribution is -2.31. The van der Waals surface area contributed by atoms with Gasteiger partial charge >= 0.3 is 11.9 Å². The quantitative estimate of drug-likeness (QED) is 0.0696. The zero-order valence-electron chi connectivity index (χ0n) is 27.1. The largest absolute Gasteiger partial charge is 0.481 e. The first-order valence-corrected chi connectivity index (χ1v) is 17.4. The number of carbonyl (C=O) groups excluding carboxylic acids is 1. The smallest absolute Gasteiger partial charge is 0.335 e. The van der Waals surface area contributed by atoms with Gasteiger partial charge in [-0.05, 0) is 64.9 Å². The molecule has 3 unspecified atom stereocenters. The molecule has 4 N–H and O–H groups in total. The van der Waals surface area contributed by atoms with Crippen molar-refractivity contribution in [2.45, 2.75) is 75.1 Å². The lowest BCUT2D eigenvalue weighted by atomic mass is 9.97. The molecule has 1 heterocycles. The number of aliphatic hydroxyl groups excluding tert-OH is 1. The SMILES string of the molecule is O=C(O)CCCCCC(=O)NCc1ccccc1-c1ccc(C2OC(CSc3ccc(C(=O)O)cc3)CC(c3ccc(CO)cc3)O2)cc1. The molecule has 0 bridgehead atoms. The maximum atomic E-state index is 12.4. The molecule has 1 aliphatic rings. The summed E-state index contributed by atoms with van der Waals surface area (Å²) in [5, 5.41) is 30.5. The molecule has 4 aromatic carbocycles. The zero-order valence-corrected chi connectivity index (χ0v) is 27.9. The lowest BCUT2D eigenvalue weighted by molar-refractivity contribution is -0.245. The number of hydrogen-bond donors (Lipinski definition) is 4. The van der Waals surface area contributed by atoms with E-state index in [1.54, 1.807) is 23.9 Å². The van der Waals surface area contributed by atoms with E-state index in [0.717, 1.165) is 38.3 Å². The van der Waals surface area contributed by atoms with E-state index >= 15 is 0 Å². The van der Waals surface area contributed by atoms with Crippen LogP contribution in [-0.2, 0) is 32.2 Å². The number of carbonyl (C=O) groups is 3. The van der Waals surface area contributed by atoms with Gasteiger partial charge in [0.1, 0.15) is 0 Å². The van der Waals surface area contributed by atoms with E-state index in [0.29, 0.717) is 44.4 Å². The van der Waals surface area contributed by atoms with Crippen molar-refractivity contribution in [3.63, 3.8) is 0 Å². The molecule has 1 saturated heterocycles. The van der Waals surface area contributed by atoms with E-state index in [4.69, 9.17) is 14.6 Å². The highest BCUT2D eigenvalue weighted by atomic mass is 32.2. The molecule has 0 saturated carbocycles. The second kappa shape index (κ2) is 17.8. The first-order chi connectivity index (χ1) is 23.8. The van der Waals surface area contributed by atoms with Crippen LogP contribution in [0.4, 0.5) is 0 Å². The van der Waals surface area contributed by atoms with Crippen molar-refractivity contribution in [1.29, 1.82) is 0 Å². The normalized spacial score (nSPS) is 17.4. The molecule has 256 valence electrons. The molecule has 49 heavy (non-hydrogen) atoms. The highest BCUT2D eigenvalue weighted by Gasteiger charge is 2.32. The number of amides is 1. The lowest BCUT2D eigenvalue weighted by Gasteiger charge is -2.36. The summed E-state index contributed by atoms with van der Waals surface area (Å²) in [5.41, 5.74) is 5.93. The molecule has 3 atom stereocenters. The molecule has 1 aliphatic heterocycles. The first kappa shape index (κ1) is 35.8. The number of benzene rings is 4. The van der Waals surface area contributed by atoms with Crippen molar-refractivity contribution in [2.24, 2.45) is 0 Å². The number of ether oxygens (including phenoxy) is 2. The van der Waals surface area contributed by atoms with Crippen molar-refractivity contribution in [1.82, 2.24) is 5.32 Å². The Kier molecular flexibility index (Phi) is 13.0. The Labute approximate surface area is 290 Å². The van der Waals surface area contributed by atoms with Gasteiger partial charge in [0.25, 0.3) is 0 Å². The third-order valence-corrected chi connectivity index (χ3v) is 9.58. The molecule has 9 nitrogen and oxygen atoms in total. The maximum Gasteiger partial charge on any atom is 0.335 e. The van der Waals surface area contributed by atoms with Crippen LogP contribution in [0.15, 0.2) is 102 Å². The van der Waals surface area contributed by atoms with Gasteiger partial charge in [-0.15, -0.1) is 11.8 Å². The third kappa shape index (κ3) is 10.5. The zero-order chi connectivity index (χ0) is 34.6. The minimum atomic E-state index is -0.957. The number of thioether (sulfide) groups is 1. The van der Waals surface area contributed by atoms with Crippen LogP contribution in [0.2, 0.25) is 0 Å². The van der Waals surface area contributed by atoms with E-state index in [9.17, 15) is 24.6 Å². The molecule has 10 heteroatoms. The molecule has 5 rings (SSSR count). The van der Waals surface area contributed by atoms with E-state index in [-0.39, 0.29) is 36.7 Å². The molecular weight excluding hydrogens is 642 g/mol. The molecule has 1 fully saturated rings. The Morgan fingerprint density at radius 2 is 1.47 bits per heavy atom. The average molecular weight is 684 g/mol. The summed E-state index contributed by atoms with van der Waals surface area (Å²) in [6.45, 7) is 0.353. The van der Waals surface area contributed by atoms with Crippen molar-refractivity contribution in [3.05, 3.63) is 125 Å². The van der Waals surface area contributed by atoms with Gasteiger partial charge in [0, 0.05) is 42.0 Å². The number of aliphatic carboxylic acids is 1. The Bertz CT molecular complexity index is 1690. The fraction of sp³-hybridized carbons (Fsp3) is 0.308. The van der Waals surface area contributed by atoms with Crippen LogP contribution in [0, 0.1) is 0 Å². The predicted octanol–water partition coefficient (Wildman–Crippen LogP) is 7.53. The van der Waals surface area contributed by atoms with Crippen LogP contribution in [0.5, 0.6) is 0 Å². The van der Waals surface area contributed by atoms with Crippen LogP contribution in [-0.4, -0.2) is 45.0 Å². The molecule has 0 aromatic heterocycles.